The molecule has 3 aromatic heterocycles. The summed E-state index contributed by atoms with van der Waals surface area (Å²) in [6, 6.07) is 16.8. The second-order valence-corrected chi connectivity index (χ2v) is 7.99. The van der Waals surface area contributed by atoms with E-state index in [9.17, 15) is 8.78 Å². The maximum atomic E-state index is 15.0. The van der Waals surface area contributed by atoms with Crippen LogP contribution in [0.5, 0.6) is 0 Å². The van der Waals surface area contributed by atoms with Gasteiger partial charge in [-0.05, 0) is 80.1 Å². The minimum atomic E-state index is -0.345. The standard InChI is InChI=1S/C26H21F2N5/c1-15-12-18(10-11-29-15)21-9-8-20(14-22(21)28)31-25-24-23(13-16(2)30-25)33(3)26(32-24)17-4-6-19(27)7-5-17/h4-14H,1-3H3,(H,30,31). The van der Waals surface area contributed by atoms with Crippen LogP contribution in [0.2, 0.25) is 0 Å². The van der Waals surface area contributed by atoms with Crippen LogP contribution in [0.4, 0.5) is 20.3 Å². The number of aryl methyl sites for hydroxylation is 3. The Kier molecular flexibility index (Phi) is 5.09. The molecule has 0 radical (unpaired) electrons. The number of benzene rings is 2. The van der Waals surface area contributed by atoms with Crippen molar-refractivity contribution < 1.29 is 8.78 Å². The Labute approximate surface area is 189 Å². The van der Waals surface area contributed by atoms with Crippen molar-refractivity contribution in [1.82, 2.24) is 19.5 Å². The molecular formula is C26H21F2N5. The van der Waals surface area contributed by atoms with Crippen LogP contribution < -0.4 is 5.32 Å². The molecule has 0 aliphatic heterocycles. The van der Waals surface area contributed by atoms with Crippen molar-refractivity contribution in [3.63, 3.8) is 0 Å². The molecule has 0 aliphatic rings. The first-order valence-corrected chi connectivity index (χ1v) is 10.5. The molecule has 0 fully saturated rings. The van der Waals surface area contributed by atoms with Crippen LogP contribution >= 0.6 is 0 Å². The van der Waals surface area contributed by atoms with E-state index in [1.165, 1.54) is 18.2 Å². The SMILES string of the molecule is Cc1cc(-c2ccc(Nc3nc(C)cc4c3nc(-c3ccc(F)cc3)n4C)cc2F)ccn1. The van der Waals surface area contributed by atoms with Crippen LogP contribution in [-0.2, 0) is 7.05 Å². The topological polar surface area (TPSA) is 55.6 Å². The molecule has 164 valence electrons. The molecular weight excluding hydrogens is 420 g/mol. The van der Waals surface area contributed by atoms with E-state index in [2.05, 4.69) is 15.3 Å². The summed E-state index contributed by atoms with van der Waals surface area (Å²) in [4.78, 5) is 13.5. The van der Waals surface area contributed by atoms with E-state index in [-0.39, 0.29) is 11.6 Å². The number of aromatic nitrogens is 4. The highest BCUT2D eigenvalue weighted by Crippen LogP contribution is 2.31. The van der Waals surface area contributed by atoms with Gasteiger partial charge >= 0.3 is 0 Å². The molecule has 1 N–H and O–H groups in total. The quantitative estimate of drug-likeness (QED) is 0.354. The number of fused-ring (bicyclic) bond motifs is 1. The molecule has 0 saturated carbocycles. The molecule has 7 heteroatoms. The van der Waals surface area contributed by atoms with Gasteiger partial charge in [-0.2, -0.15) is 0 Å². The molecule has 0 bridgehead atoms. The smallest absolute Gasteiger partial charge is 0.158 e. The maximum Gasteiger partial charge on any atom is 0.158 e. The highest BCUT2D eigenvalue weighted by molar-refractivity contribution is 5.91. The van der Waals surface area contributed by atoms with Gasteiger partial charge in [0.1, 0.15) is 23.0 Å². The predicted molar refractivity (Wildman–Crippen MR) is 126 cm³/mol. The van der Waals surface area contributed by atoms with Gasteiger partial charge in [0.2, 0.25) is 0 Å². The van der Waals surface area contributed by atoms with Gasteiger partial charge in [-0.3, -0.25) is 4.98 Å². The lowest BCUT2D eigenvalue weighted by molar-refractivity contribution is 0.628. The van der Waals surface area contributed by atoms with Gasteiger partial charge in [0.25, 0.3) is 0 Å². The Morgan fingerprint density at radius 1 is 0.818 bits per heavy atom. The minimum Gasteiger partial charge on any atom is -0.338 e. The van der Waals surface area contributed by atoms with Crippen molar-refractivity contribution in [2.75, 3.05) is 5.32 Å². The molecule has 33 heavy (non-hydrogen) atoms. The van der Waals surface area contributed by atoms with Gasteiger partial charge < -0.3 is 9.88 Å². The fourth-order valence-corrected chi connectivity index (χ4v) is 3.93. The van der Waals surface area contributed by atoms with Crippen LogP contribution in [0.1, 0.15) is 11.4 Å². The van der Waals surface area contributed by atoms with E-state index in [1.807, 2.05) is 43.7 Å². The van der Waals surface area contributed by atoms with Gasteiger partial charge in [-0.15, -0.1) is 0 Å². The molecule has 0 aliphatic carbocycles. The number of rotatable bonds is 4. The first-order chi connectivity index (χ1) is 15.9. The summed E-state index contributed by atoms with van der Waals surface area (Å²) in [5.41, 5.74) is 5.78. The third-order valence-electron chi connectivity index (χ3n) is 5.54. The first kappa shape index (κ1) is 20.8. The van der Waals surface area contributed by atoms with E-state index in [0.717, 1.165) is 28.0 Å². The van der Waals surface area contributed by atoms with Crippen LogP contribution in [-0.4, -0.2) is 19.5 Å². The predicted octanol–water partition coefficient (Wildman–Crippen LogP) is 6.34. The number of nitrogens with one attached hydrogen (secondary N) is 1. The molecule has 0 spiro atoms. The Morgan fingerprint density at radius 2 is 1.61 bits per heavy atom. The summed E-state index contributed by atoms with van der Waals surface area (Å²) in [7, 11) is 1.91. The fourth-order valence-electron chi connectivity index (χ4n) is 3.93. The molecule has 5 aromatic rings. The molecule has 5 nitrogen and oxygen atoms in total. The number of hydrogen-bond acceptors (Lipinski definition) is 4. The van der Waals surface area contributed by atoms with E-state index in [1.54, 1.807) is 30.5 Å². The molecule has 0 saturated heterocycles. The fraction of sp³-hybridized carbons (Fsp3) is 0.115. The highest BCUT2D eigenvalue weighted by atomic mass is 19.1. The first-order valence-electron chi connectivity index (χ1n) is 10.5. The van der Waals surface area contributed by atoms with Crippen LogP contribution in [0.3, 0.4) is 0 Å². The average molecular weight is 441 g/mol. The van der Waals surface area contributed by atoms with E-state index >= 15 is 0 Å². The monoisotopic (exact) mass is 441 g/mol. The van der Waals surface area contributed by atoms with Gasteiger partial charge in [0.15, 0.2) is 5.82 Å². The summed E-state index contributed by atoms with van der Waals surface area (Å²) in [6.45, 7) is 3.77. The van der Waals surface area contributed by atoms with E-state index in [0.29, 0.717) is 28.4 Å². The normalized spacial score (nSPS) is 11.2. The van der Waals surface area contributed by atoms with Crippen molar-refractivity contribution in [2.45, 2.75) is 13.8 Å². The van der Waals surface area contributed by atoms with Gasteiger partial charge in [0, 0.05) is 41.4 Å². The maximum absolute atomic E-state index is 15.0. The second-order valence-electron chi connectivity index (χ2n) is 7.99. The Bertz CT molecular complexity index is 1490. The molecule has 0 atom stereocenters. The van der Waals surface area contributed by atoms with Crippen molar-refractivity contribution in [3.05, 3.63) is 89.9 Å². The van der Waals surface area contributed by atoms with Crippen LogP contribution in [0, 0.1) is 25.5 Å². The van der Waals surface area contributed by atoms with Crippen LogP contribution in [0.25, 0.3) is 33.5 Å². The second kappa shape index (κ2) is 8.09. The average Bonchev–Trinajstić information content (AvgIpc) is 3.11. The largest absolute Gasteiger partial charge is 0.338 e. The lowest BCUT2D eigenvalue weighted by Crippen LogP contribution is -1.98. The minimum absolute atomic E-state index is 0.301. The summed E-state index contributed by atoms with van der Waals surface area (Å²) in [5, 5.41) is 3.22. The zero-order chi connectivity index (χ0) is 23.1. The number of halogens is 2. The Hall–Kier alpha value is -4.13. The zero-order valence-corrected chi connectivity index (χ0v) is 18.4. The van der Waals surface area contributed by atoms with Crippen molar-refractivity contribution in [2.24, 2.45) is 7.05 Å². The summed E-state index contributed by atoms with van der Waals surface area (Å²) < 4.78 is 30.3. The third kappa shape index (κ3) is 3.93. The molecule has 3 heterocycles. The highest BCUT2D eigenvalue weighted by Gasteiger charge is 2.16. The number of imidazole rings is 1. The third-order valence-corrected chi connectivity index (χ3v) is 5.54. The van der Waals surface area contributed by atoms with Crippen LogP contribution in [0.15, 0.2) is 66.9 Å². The van der Waals surface area contributed by atoms with E-state index in [4.69, 9.17) is 4.98 Å². The van der Waals surface area contributed by atoms with Gasteiger partial charge in [-0.25, -0.2) is 18.7 Å². The number of anilines is 2. The van der Waals surface area contributed by atoms with E-state index < -0.39 is 0 Å². The number of hydrogen-bond donors (Lipinski definition) is 1. The Balaban J connectivity index is 1.54. The molecule has 0 amide bonds. The van der Waals surface area contributed by atoms with Gasteiger partial charge in [-0.1, -0.05) is 0 Å². The van der Waals surface area contributed by atoms with Gasteiger partial charge in [0.05, 0.1) is 5.52 Å². The lowest BCUT2D eigenvalue weighted by atomic mass is 10.1. The summed E-state index contributed by atoms with van der Waals surface area (Å²) in [5.74, 6) is 0.572. The van der Waals surface area contributed by atoms with Crippen molar-refractivity contribution in [1.29, 1.82) is 0 Å². The number of nitrogens with zero attached hydrogens (tertiary/aromatic N) is 4. The Morgan fingerprint density at radius 3 is 2.33 bits per heavy atom. The summed E-state index contributed by atoms with van der Waals surface area (Å²) in [6.07, 6.45) is 1.67. The number of pyridine rings is 2. The molecule has 5 rings (SSSR count). The molecule has 2 aromatic carbocycles. The van der Waals surface area contributed by atoms with Crippen molar-refractivity contribution >= 4 is 22.5 Å². The zero-order valence-electron chi connectivity index (χ0n) is 18.4. The van der Waals surface area contributed by atoms with Crippen molar-refractivity contribution in [3.8, 4) is 22.5 Å². The summed E-state index contributed by atoms with van der Waals surface area (Å²) >= 11 is 0. The lowest BCUT2D eigenvalue weighted by Gasteiger charge is -2.10. The molecule has 0 unspecified atom stereocenters.